The van der Waals surface area contributed by atoms with Gasteiger partial charge in [-0.3, -0.25) is 4.79 Å². The number of halogens is 2. The van der Waals surface area contributed by atoms with Crippen molar-refractivity contribution in [3.05, 3.63) is 65.3 Å². The molecule has 3 rings (SSSR count). The minimum Gasteiger partial charge on any atom is -0.469 e. The van der Waals surface area contributed by atoms with Gasteiger partial charge in [0.05, 0.1) is 18.6 Å². The lowest BCUT2D eigenvalue weighted by molar-refractivity contribution is -0.140. The molecule has 0 fully saturated rings. The Balaban J connectivity index is 1.70. The summed E-state index contributed by atoms with van der Waals surface area (Å²) in [6.07, 6.45) is 3.45. The summed E-state index contributed by atoms with van der Waals surface area (Å²) in [4.78, 5) is 23.9. The fourth-order valence-corrected chi connectivity index (χ4v) is 2.69. The number of esters is 1. The third-order valence-electron chi connectivity index (χ3n) is 3.94. The largest absolute Gasteiger partial charge is 0.469 e. The summed E-state index contributed by atoms with van der Waals surface area (Å²) in [5, 5.41) is 0.188. The standard InChI is InChI=1S/C20H18ClFN4O3/c1-28-18(27)10-14(23)9-15-6-7-24-19(26-15)12-2-4-16(5-3-12)29-20-17(22)8-13(21)11-25-20/h2-8,11,14H,9-10,23H2,1H3. The van der Waals surface area contributed by atoms with Crippen LogP contribution in [-0.4, -0.2) is 34.1 Å². The summed E-state index contributed by atoms with van der Waals surface area (Å²) >= 11 is 5.68. The molecule has 0 bridgehead atoms. The number of methoxy groups -OCH3 is 1. The summed E-state index contributed by atoms with van der Waals surface area (Å²) in [5.74, 6) is -0.288. The molecule has 2 heterocycles. The van der Waals surface area contributed by atoms with Crippen LogP contribution in [-0.2, 0) is 16.0 Å². The summed E-state index contributed by atoms with van der Waals surface area (Å²) in [5.41, 5.74) is 7.41. The predicted octanol–water partition coefficient (Wildman–Crippen LogP) is 3.56. The van der Waals surface area contributed by atoms with Crippen LogP contribution in [0.15, 0.2) is 48.8 Å². The zero-order valence-corrected chi connectivity index (χ0v) is 16.3. The van der Waals surface area contributed by atoms with Crippen LogP contribution in [0.2, 0.25) is 5.02 Å². The smallest absolute Gasteiger partial charge is 0.307 e. The SMILES string of the molecule is COC(=O)CC(N)Cc1ccnc(-c2ccc(Oc3ncc(Cl)cc3F)cc2)n1. The van der Waals surface area contributed by atoms with E-state index in [1.165, 1.54) is 13.3 Å². The fraction of sp³-hybridized carbons (Fsp3) is 0.200. The maximum absolute atomic E-state index is 13.8. The van der Waals surface area contributed by atoms with Gasteiger partial charge in [-0.25, -0.2) is 19.3 Å². The normalized spacial score (nSPS) is 11.7. The Labute approximate surface area is 171 Å². The van der Waals surface area contributed by atoms with Crippen LogP contribution in [0.5, 0.6) is 11.6 Å². The zero-order chi connectivity index (χ0) is 20.8. The second-order valence-electron chi connectivity index (χ2n) is 6.18. The molecule has 29 heavy (non-hydrogen) atoms. The molecule has 0 saturated heterocycles. The molecule has 1 aromatic carbocycles. The molecule has 0 saturated carbocycles. The fourth-order valence-electron chi connectivity index (χ4n) is 2.55. The van der Waals surface area contributed by atoms with Crippen molar-refractivity contribution in [2.45, 2.75) is 18.9 Å². The van der Waals surface area contributed by atoms with Gasteiger partial charge in [0.2, 0.25) is 0 Å². The van der Waals surface area contributed by atoms with Crippen molar-refractivity contribution >= 4 is 17.6 Å². The molecule has 150 valence electrons. The maximum Gasteiger partial charge on any atom is 0.307 e. The van der Waals surface area contributed by atoms with Gasteiger partial charge in [0.25, 0.3) is 5.88 Å². The molecule has 9 heteroatoms. The Morgan fingerprint density at radius 3 is 2.69 bits per heavy atom. The van der Waals surface area contributed by atoms with Gasteiger partial charge in [-0.05, 0) is 36.4 Å². The minimum absolute atomic E-state index is 0.108. The van der Waals surface area contributed by atoms with Crippen molar-refractivity contribution in [1.29, 1.82) is 0 Å². The van der Waals surface area contributed by atoms with Crippen molar-refractivity contribution in [2.75, 3.05) is 7.11 Å². The first-order valence-corrected chi connectivity index (χ1v) is 9.06. The average molecular weight is 417 g/mol. The highest BCUT2D eigenvalue weighted by Crippen LogP contribution is 2.26. The van der Waals surface area contributed by atoms with E-state index in [1.807, 2.05) is 0 Å². The lowest BCUT2D eigenvalue weighted by Gasteiger charge is -2.10. The van der Waals surface area contributed by atoms with Gasteiger partial charge < -0.3 is 15.2 Å². The molecule has 0 aliphatic heterocycles. The summed E-state index contributed by atoms with van der Waals surface area (Å²) < 4.78 is 23.9. The van der Waals surface area contributed by atoms with Crippen molar-refractivity contribution < 1.29 is 18.7 Å². The van der Waals surface area contributed by atoms with E-state index in [0.29, 0.717) is 23.7 Å². The van der Waals surface area contributed by atoms with Crippen LogP contribution in [0.3, 0.4) is 0 Å². The minimum atomic E-state index is -0.652. The highest BCUT2D eigenvalue weighted by Gasteiger charge is 2.13. The van der Waals surface area contributed by atoms with Crippen LogP contribution < -0.4 is 10.5 Å². The molecule has 0 aliphatic rings. The van der Waals surface area contributed by atoms with Gasteiger partial charge in [-0.1, -0.05) is 11.6 Å². The molecular weight excluding hydrogens is 399 g/mol. The number of carbonyl (C=O) groups excluding carboxylic acids is 1. The topological polar surface area (TPSA) is 100 Å². The van der Waals surface area contributed by atoms with Gasteiger partial charge >= 0.3 is 5.97 Å². The monoisotopic (exact) mass is 416 g/mol. The molecule has 0 amide bonds. The number of nitrogens with two attached hydrogens (primary N) is 1. The lowest BCUT2D eigenvalue weighted by Crippen LogP contribution is -2.27. The van der Waals surface area contributed by atoms with E-state index in [4.69, 9.17) is 22.1 Å². The Morgan fingerprint density at radius 2 is 2.00 bits per heavy atom. The van der Waals surface area contributed by atoms with E-state index in [9.17, 15) is 9.18 Å². The van der Waals surface area contributed by atoms with Gasteiger partial charge in [0.15, 0.2) is 11.6 Å². The van der Waals surface area contributed by atoms with Crippen LogP contribution in [0, 0.1) is 5.82 Å². The number of hydrogen-bond acceptors (Lipinski definition) is 7. The number of ether oxygens (including phenoxy) is 2. The number of benzene rings is 1. The molecule has 7 nitrogen and oxygen atoms in total. The molecule has 1 atom stereocenters. The van der Waals surface area contributed by atoms with Gasteiger partial charge in [0, 0.05) is 36.1 Å². The predicted molar refractivity (Wildman–Crippen MR) is 105 cm³/mol. The lowest BCUT2D eigenvalue weighted by atomic mass is 10.1. The second-order valence-corrected chi connectivity index (χ2v) is 6.62. The number of nitrogens with zero attached hydrogens (tertiary/aromatic N) is 3. The first kappa shape index (κ1) is 20.6. The first-order valence-electron chi connectivity index (χ1n) is 8.68. The number of carbonyl (C=O) groups is 1. The van der Waals surface area contributed by atoms with Gasteiger partial charge in [-0.15, -0.1) is 0 Å². The summed E-state index contributed by atoms with van der Waals surface area (Å²) in [7, 11) is 1.32. The van der Waals surface area contributed by atoms with Gasteiger partial charge in [0.1, 0.15) is 5.75 Å². The molecule has 2 N–H and O–H groups in total. The maximum atomic E-state index is 13.8. The van der Waals surface area contributed by atoms with Crippen molar-refractivity contribution in [1.82, 2.24) is 15.0 Å². The highest BCUT2D eigenvalue weighted by molar-refractivity contribution is 6.30. The van der Waals surface area contributed by atoms with Crippen LogP contribution in [0.4, 0.5) is 4.39 Å². The Bertz CT molecular complexity index is 1000. The molecule has 1 unspecified atom stereocenters. The zero-order valence-electron chi connectivity index (χ0n) is 15.5. The summed E-state index contributed by atoms with van der Waals surface area (Å²) in [6.45, 7) is 0. The molecule has 0 spiro atoms. The van der Waals surface area contributed by atoms with E-state index in [0.717, 1.165) is 11.6 Å². The van der Waals surface area contributed by atoms with Crippen LogP contribution >= 0.6 is 11.6 Å². The Hall–Kier alpha value is -3.10. The van der Waals surface area contributed by atoms with E-state index in [1.54, 1.807) is 36.5 Å². The van der Waals surface area contributed by atoms with E-state index in [2.05, 4.69) is 19.7 Å². The van der Waals surface area contributed by atoms with E-state index >= 15 is 0 Å². The Morgan fingerprint density at radius 1 is 1.24 bits per heavy atom. The third kappa shape index (κ3) is 5.69. The molecule has 0 aliphatic carbocycles. The van der Waals surface area contributed by atoms with E-state index < -0.39 is 11.9 Å². The number of hydrogen-bond donors (Lipinski definition) is 1. The van der Waals surface area contributed by atoms with E-state index in [-0.39, 0.29) is 23.3 Å². The summed E-state index contributed by atoms with van der Waals surface area (Å²) in [6, 6.07) is 9.28. The van der Waals surface area contributed by atoms with Crippen molar-refractivity contribution in [2.24, 2.45) is 5.73 Å². The highest BCUT2D eigenvalue weighted by atomic mass is 35.5. The molecule has 3 aromatic rings. The number of rotatable bonds is 7. The quantitative estimate of drug-likeness (QED) is 0.587. The number of pyridine rings is 1. The average Bonchev–Trinajstić information content (AvgIpc) is 2.70. The Kier molecular flexibility index (Phi) is 6.69. The molecule has 2 aromatic heterocycles. The van der Waals surface area contributed by atoms with Gasteiger partial charge in [-0.2, -0.15) is 0 Å². The second kappa shape index (κ2) is 9.40. The third-order valence-corrected chi connectivity index (χ3v) is 4.15. The first-order chi connectivity index (χ1) is 13.9. The van der Waals surface area contributed by atoms with Crippen molar-refractivity contribution in [3.63, 3.8) is 0 Å². The van der Waals surface area contributed by atoms with Crippen molar-refractivity contribution in [3.8, 4) is 23.0 Å². The number of aromatic nitrogens is 3. The van der Waals surface area contributed by atoms with Crippen LogP contribution in [0.25, 0.3) is 11.4 Å². The molecular formula is C20H18ClFN4O3. The van der Waals surface area contributed by atoms with Crippen LogP contribution in [0.1, 0.15) is 12.1 Å². The molecule has 0 radical (unpaired) electrons.